The number of carboxylic acid groups (broad SMARTS) is 1. The van der Waals surface area contributed by atoms with Crippen molar-refractivity contribution >= 4 is 44.6 Å². The molecule has 0 saturated heterocycles. The Bertz CT molecular complexity index is 894. The average molecular weight is 383 g/mol. The Labute approximate surface area is 151 Å². The van der Waals surface area contributed by atoms with E-state index >= 15 is 0 Å². The molecular weight excluding hydrogens is 367 g/mol. The van der Waals surface area contributed by atoms with Gasteiger partial charge in [-0.25, -0.2) is 9.78 Å². The predicted molar refractivity (Wildman–Crippen MR) is 97.4 cm³/mol. The van der Waals surface area contributed by atoms with E-state index in [4.69, 9.17) is 9.90 Å². The molecule has 2 heterocycles. The van der Waals surface area contributed by atoms with E-state index in [1.807, 2.05) is 32.4 Å². The van der Waals surface area contributed by atoms with Crippen LogP contribution in [0.4, 0.5) is 30.4 Å². The largest absolute Gasteiger partial charge is 0.490 e. The fourth-order valence-electron chi connectivity index (χ4n) is 1.99. The van der Waals surface area contributed by atoms with Crippen molar-refractivity contribution in [2.24, 2.45) is 0 Å². The summed E-state index contributed by atoms with van der Waals surface area (Å²) in [5, 5.41) is 13.8. The van der Waals surface area contributed by atoms with Crippen LogP contribution in [-0.4, -0.2) is 36.3 Å². The maximum absolute atomic E-state index is 10.6. The van der Waals surface area contributed by atoms with Crippen molar-refractivity contribution in [3.8, 4) is 0 Å². The molecule has 0 spiro atoms. The van der Waals surface area contributed by atoms with Crippen LogP contribution in [0.3, 0.4) is 0 Å². The summed E-state index contributed by atoms with van der Waals surface area (Å²) < 4.78 is 33.0. The van der Waals surface area contributed by atoms with Crippen LogP contribution in [0.25, 0.3) is 10.1 Å². The molecule has 0 saturated carbocycles. The van der Waals surface area contributed by atoms with E-state index in [0.717, 1.165) is 11.5 Å². The zero-order valence-corrected chi connectivity index (χ0v) is 14.7. The van der Waals surface area contributed by atoms with Crippen molar-refractivity contribution in [3.63, 3.8) is 0 Å². The summed E-state index contributed by atoms with van der Waals surface area (Å²) >= 11 is 1.73. The molecule has 2 aromatic heterocycles. The Morgan fingerprint density at radius 1 is 1.23 bits per heavy atom. The Morgan fingerprint density at radius 3 is 2.54 bits per heavy atom. The van der Waals surface area contributed by atoms with Gasteiger partial charge in [-0.1, -0.05) is 6.07 Å². The molecule has 1 aromatic carbocycles. The van der Waals surface area contributed by atoms with Crippen LogP contribution in [0.1, 0.15) is 0 Å². The van der Waals surface area contributed by atoms with Crippen molar-refractivity contribution in [2.75, 3.05) is 24.3 Å². The molecule has 5 nitrogen and oxygen atoms in total. The number of alkyl halides is 3. The molecule has 0 fully saturated rings. The molecule has 0 amide bonds. The zero-order valence-electron chi connectivity index (χ0n) is 13.9. The maximum atomic E-state index is 10.6. The van der Waals surface area contributed by atoms with Crippen molar-refractivity contribution in [1.82, 2.24) is 4.98 Å². The van der Waals surface area contributed by atoms with E-state index in [-0.39, 0.29) is 0 Å². The van der Waals surface area contributed by atoms with Crippen LogP contribution < -0.4 is 10.2 Å². The van der Waals surface area contributed by atoms with Gasteiger partial charge in [0.15, 0.2) is 0 Å². The Balaban J connectivity index is 0.000000298. The summed E-state index contributed by atoms with van der Waals surface area (Å²) in [6.45, 7) is 0. The molecule has 0 atom stereocenters. The van der Waals surface area contributed by atoms with Crippen molar-refractivity contribution in [1.29, 1.82) is 0 Å². The molecule has 0 unspecified atom stereocenters. The minimum absolute atomic E-state index is 0.912. The number of benzene rings is 1. The van der Waals surface area contributed by atoms with Gasteiger partial charge in [-0.3, -0.25) is 0 Å². The lowest BCUT2D eigenvalue weighted by molar-refractivity contribution is -0.192. The molecule has 9 heteroatoms. The van der Waals surface area contributed by atoms with E-state index < -0.39 is 12.1 Å². The third-order valence-corrected chi connectivity index (χ3v) is 4.13. The van der Waals surface area contributed by atoms with Crippen molar-refractivity contribution in [3.05, 3.63) is 48.0 Å². The molecule has 0 aliphatic carbocycles. The minimum atomic E-state index is -5.08. The first-order valence-electron chi connectivity index (χ1n) is 7.35. The first-order valence-corrected chi connectivity index (χ1v) is 8.23. The summed E-state index contributed by atoms with van der Waals surface area (Å²) in [4.78, 5) is 15.4. The predicted octanol–water partition coefficient (Wildman–Crippen LogP) is 4.74. The van der Waals surface area contributed by atoms with Crippen LogP contribution in [-0.2, 0) is 4.79 Å². The van der Waals surface area contributed by atoms with E-state index in [9.17, 15) is 13.2 Å². The molecule has 0 aliphatic heterocycles. The SMILES string of the molecule is CN(C)c1cccc(Nc2nccc3sccc23)c1.O=C(O)C(F)(F)F. The van der Waals surface area contributed by atoms with E-state index in [1.54, 1.807) is 11.3 Å². The first-order chi connectivity index (χ1) is 12.2. The van der Waals surface area contributed by atoms with Gasteiger partial charge < -0.3 is 15.3 Å². The number of carbonyl (C=O) groups is 1. The summed E-state index contributed by atoms with van der Waals surface area (Å²) in [6, 6.07) is 12.5. The van der Waals surface area contributed by atoms with Crippen molar-refractivity contribution in [2.45, 2.75) is 6.18 Å². The third kappa shape index (κ3) is 5.09. The minimum Gasteiger partial charge on any atom is -0.475 e. The molecule has 0 aliphatic rings. The average Bonchev–Trinajstić information content (AvgIpc) is 3.04. The fraction of sp³-hybridized carbons (Fsp3) is 0.176. The highest BCUT2D eigenvalue weighted by molar-refractivity contribution is 7.17. The summed E-state index contributed by atoms with van der Waals surface area (Å²) in [7, 11) is 4.08. The number of fused-ring (bicyclic) bond motifs is 1. The second-order valence-electron chi connectivity index (χ2n) is 5.36. The number of pyridine rings is 1. The number of aliphatic carboxylic acids is 1. The molecule has 0 bridgehead atoms. The van der Waals surface area contributed by atoms with Crippen LogP contribution in [0.15, 0.2) is 48.0 Å². The summed E-state index contributed by atoms with van der Waals surface area (Å²) in [5.41, 5.74) is 2.22. The Morgan fingerprint density at radius 2 is 1.92 bits per heavy atom. The van der Waals surface area contributed by atoms with Gasteiger partial charge in [0.05, 0.1) is 0 Å². The topological polar surface area (TPSA) is 65.5 Å². The fourth-order valence-corrected chi connectivity index (χ4v) is 2.77. The lowest BCUT2D eigenvalue weighted by Gasteiger charge is -2.14. The van der Waals surface area contributed by atoms with Crippen LogP contribution in [0.5, 0.6) is 0 Å². The van der Waals surface area contributed by atoms with Crippen molar-refractivity contribution < 1.29 is 23.1 Å². The molecule has 2 N–H and O–H groups in total. The van der Waals surface area contributed by atoms with E-state index in [1.165, 1.54) is 15.8 Å². The number of nitrogens with zero attached hydrogens (tertiary/aromatic N) is 2. The normalized spacial score (nSPS) is 10.8. The van der Waals surface area contributed by atoms with Crippen LogP contribution >= 0.6 is 11.3 Å². The van der Waals surface area contributed by atoms with Crippen LogP contribution in [0.2, 0.25) is 0 Å². The van der Waals surface area contributed by atoms with Gasteiger partial charge in [0.2, 0.25) is 0 Å². The highest BCUT2D eigenvalue weighted by Crippen LogP contribution is 2.28. The number of thiophene rings is 1. The third-order valence-electron chi connectivity index (χ3n) is 3.25. The summed E-state index contributed by atoms with van der Waals surface area (Å²) in [6.07, 6.45) is -3.24. The van der Waals surface area contributed by atoms with E-state index in [0.29, 0.717) is 0 Å². The number of carboxylic acids is 1. The quantitative estimate of drug-likeness (QED) is 0.684. The number of hydrogen-bond acceptors (Lipinski definition) is 5. The Kier molecular flexibility index (Phi) is 6.04. The lowest BCUT2D eigenvalue weighted by atomic mass is 10.2. The highest BCUT2D eigenvalue weighted by atomic mass is 32.1. The van der Waals surface area contributed by atoms with Gasteiger partial charge in [0.25, 0.3) is 0 Å². The monoisotopic (exact) mass is 383 g/mol. The van der Waals surface area contributed by atoms with E-state index in [2.05, 4.69) is 44.8 Å². The molecular formula is C17H16F3N3O2S. The maximum Gasteiger partial charge on any atom is 0.490 e. The van der Waals surface area contributed by atoms with Gasteiger partial charge in [0.1, 0.15) is 5.82 Å². The highest BCUT2D eigenvalue weighted by Gasteiger charge is 2.38. The number of halogens is 3. The van der Waals surface area contributed by atoms with Gasteiger partial charge >= 0.3 is 12.1 Å². The van der Waals surface area contributed by atoms with Crippen LogP contribution in [0, 0.1) is 0 Å². The number of aromatic nitrogens is 1. The van der Waals surface area contributed by atoms with Gasteiger partial charge in [0, 0.05) is 41.8 Å². The first kappa shape index (κ1) is 19.5. The number of rotatable bonds is 3. The molecule has 3 rings (SSSR count). The lowest BCUT2D eigenvalue weighted by Crippen LogP contribution is -2.21. The van der Waals surface area contributed by atoms with Gasteiger partial charge in [-0.15, -0.1) is 11.3 Å². The number of hydrogen-bond donors (Lipinski definition) is 2. The summed E-state index contributed by atoms with van der Waals surface area (Å²) in [5.74, 6) is -1.85. The molecule has 3 aromatic rings. The standard InChI is InChI=1S/C15H15N3S.C2HF3O2/c1-18(2)12-5-3-4-11(10-12)17-15-13-7-9-19-14(13)6-8-16-15;3-2(4,5)1(6)7/h3-10H,1-2H3,(H,16,17);(H,6,7). The number of anilines is 3. The Hall–Kier alpha value is -2.81. The number of nitrogens with one attached hydrogen (secondary N) is 1. The van der Waals surface area contributed by atoms with Gasteiger partial charge in [-0.2, -0.15) is 13.2 Å². The second-order valence-corrected chi connectivity index (χ2v) is 6.31. The second kappa shape index (κ2) is 8.05. The molecule has 26 heavy (non-hydrogen) atoms. The zero-order chi connectivity index (χ0) is 19.3. The van der Waals surface area contributed by atoms with Gasteiger partial charge in [-0.05, 0) is 35.7 Å². The molecule has 0 radical (unpaired) electrons. The smallest absolute Gasteiger partial charge is 0.475 e. The molecule has 138 valence electrons.